The zero-order chi connectivity index (χ0) is 19.7. The number of nitrogens with zero attached hydrogens (tertiary/aromatic N) is 1. The van der Waals surface area contributed by atoms with Crippen molar-refractivity contribution in [2.45, 2.75) is 30.0 Å². The van der Waals surface area contributed by atoms with E-state index in [1.165, 1.54) is 12.5 Å². The first-order valence-electron chi connectivity index (χ1n) is 9.23. The number of likely N-dealkylation sites (N-methyl/N-ethyl adjacent to an activating group) is 1. The second-order valence-electron chi connectivity index (χ2n) is 6.83. The fraction of sp³-hybridized carbons (Fsp3) is 0.368. The number of halogens is 1. The molecule has 1 aliphatic heterocycles. The molecule has 3 aromatic rings. The van der Waals surface area contributed by atoms with E-state index in [1.807, 2.05) is 6.07 Å². The second-order valence-corrected chi connectivity index (χ2v) is 10.5. The summed E-state index contributed by atoms with van der Waals surface area (Å²) in [6, 6.07) is 8.94. The smallest absolute Gasteiger partial charge is 0.271 e. The molecule has 0 unspecified atom stereocenters. The van der Waals surface area contributed by atoms with Gasteiger partial charge in [-0.25, -0.2) is 8.42 Å². The average Bonchev–Trinajstić information content (AvgIpc) is 3.39. The van der Waals surface area contributed by atoms with Crippen LogP contribution < -0.4 is 10.0 Å². The van der Waals surface area contributed by atoms with Gasteiger partial charge in [0.15, 0.2) is 5.58 Å². The summed E-state index contributed by atoms with van der Waals surface area (Å²) in [5.74, 6) is 0. The Hall–Kier alpha value is -1.74. The molecule has 1 fully saturated rings. The number of likely N-dealkylation sites (tertiary alicyclic amines) is 1. The maximum atomic E-state index is 12.6. The molecule has 1 aliphatic rings. The maximum absolute atomic E-state index is 12.6. The molecule has 4 rings (SSSR count). The third-order valence-electron chi connectivity index (χ3n) is 5.05. The standard InChI is InChI=1S/C19H22ClN3O3S2/c1-2-23-8-3-4-15(23)12-21-16-11-14(10-13-7-9-26-19(13)16)22-28(24,25)18-6-5-17(20)27-18/h5-7,9-11,15,21-22H,2-4,8,12H2,1H3/t15-/m1/s1. The number of benzene rings is 1. The highest BCUT2D eigenvalue weighted by atomic mass is 35.5. The van der Waals surface area contributed by atoms with Gasteiger partial charge in [0.05, 0.1) is 22.0 Å². The normalized spacial score (nSPS) is 18.0. The molecular formula is C19H22ClN3O3S2. The molecule has 1 atom stereocenters. The summed E-state index contributed by atoms with van der Waals surface area (Å²) < 4.78 is 34.2. The van der Waals surface area contributed by atoms with Crippen molar-refractivity contribution in [2.75, 3.05) is 29.7 Å². The molecule has 0 spiro atoms. The first-order valence-corrected chi connectivity index (χ1v) is 11.9. The number of hydrogen-bond donors (Lipinski definition) is 2. The Bertz CT molecular complexity index is 1080. The van der Waals surface area contributed by atoms with Crippen molar-refractivity contribution in [1.82, 2.24) is 4.90 Å². The molecule has 6 nitrogen and oxygen atoms in total. The van der Waals surface area contributed by atoms with Gasteiger partial charge in [0.25, 0.3) is 10.0 Å². The van der Waals surface area contributed by atoms with E-state index in [-0.39, 0.29) is 4.21 Å². The monoisotopic (exact) mass is 439 g/mol. The lowest BCUT2D eigenvalue weighted by Gasteiger charge is -2.23. The van der Waals surface area contributed by atoms with Gasteiger partial charge in [0.1, 0.15) is 4.21 Å². The number of furan rings is 1. The molecule has 0 aliphatic carbocycles. The summed E-state index contributed by atoms with van der Waals surface area (Å²) in [6.07, 6.45) is 3.98. The zero-order valence-electron chi connectivity index (χ0n) is 15.4. The number of nitrogens with one attached hydrogen (secondary N) is 2. The summed E-state index contributed by atoms with van der Waals surface area (Å²) in [5.41, 5.74) is 2.00. The topological polar surface area (TPSA) is 74.6 Å². The van der Waals surface area contributed by atoms with Crippen molar-refractivity contribution in [2.24, 2.45) is 0 Å². The number of rotatable bonds is 7. The van der Waals surface area contributed by atoms with Crippen LogP contribution in [0.3, 0.4) is 0 Å². The van der Waals surface area contributed by atoms with Gasteiger partial charge < -0.3 is 9.73 Å². The number of anilines is 2. The fourth-order valence-corrected chi connectivity index (χ4v) is 6.21. The minimum atomic E-state index is -3.69. The summed E-state index contributed by atoms with van der Waals surface area (Å²) in [6.45, 7) is 5.13. The average molecular weight is 440 g/mol. The van der Waals surface area contributed by atoms with Crippen LogP contribution in [0.4, 0.5) is 11.4 Å². The summed E-state index contributed by atoms with van der Waals surface area (Å²) in [4.78, 5) is 2.46. The molecule has 1 saturated heterocycles. The Morgan fingerprint density at radius 2 is 2.18 bits per heavy atom. The van der Waals surface area contributed by atoms with E-state index in [9.17, 15) is 8.42 Å². The highest BCUT2D eigenvalue weighted by molar-refractivity contribution is 7.94. The Labute approximate surface area is 173 Å². The van der Waals surface area contributed by atoms with E-state index < -0.39 is 10.0 Å². The minimum Gasteiger partial charge on any atom is -0.462 e. The van der Waals surface area contributed by atoms with Crippen molar-refractivity contribution < 1.29 is 12.8 Å². The van der Waals surface area contributed by atoms with Crippen LogP contribution in [-0.2, 0) is 10.0 Å². The van der Waals surface area contributed by atoms with Crippen molar-refractivity contribution in [3.05, 3.63) is 40.9 Å². The predicted octanol–water partition coefficient (Wildman–Crippen LogP) is 4.84. The SMILES string of the molecule is CCN1CCC[C@@H]1CNc1cc(NS(=O)(=O)c2ccc(Cl)s2)cc2ccoc12. The van der Waals surface area contributed by atoms with E-state index in [2.05, 4.69) is 21.9 Å². The quantitative estimate of drug-likeness (QED) is 0.550. The van der Waals surface area contributed by atoms with E-state index in [0.29, 0.717) is 16.1 Å². The van der Waals surface area contributed by atoms with Crippen LogP contribution in [-0.4, -0.2) is 39.0 Å². The Morgan fingerprint density at radius 1 is 1.32 bits per heavy atom. The van der Waals surface area contributed by atoms with E-state index in [1.54, 1.807) is 24.5 Å². The van der Waals surface area contributed by atoms with Gasteiger partial charge in [-0.3, -0.25) is 9.62 Å². The van der Waals surface area contributed by atoms with Gasteiger partial charge in [-0.2, -0.15) is 0 Å². The molecule has 0 radical (unpaired) electrons. The molecule has 1 aromatic carbocycles. The number of hydrogen-bond acceptors (Lipinski definition) is 6. The van der Waals surface area contributed by atoms with Crippen molar-refractivity contribution in [3.63, 3.8) is 0 Å². The number of sulfonamides is 1. The molecular weight excluding hydrogens is 418 g/mol. The Morgan fingerprint density at radius 3 is 2.93 bits per heavy atom. The largest absolute Gasteiger partial charge is 0.462 e. The molecule has 28 heavy (non-hydrogen) atoms. The maximum Gasteiger partial charge on any atom is 0.271 e. The lowest BCUT2D eigenvalue weighted by atomic mass is 10.2. The van der Waals surface area contributed by atoms with Crippen LogP contribution in [0.1, 0.15) is 19.8 Å². The highest BCUT2D eigenvalue weighted by Gasteiger charge is 2.23. The van der Waals surface area contributed by atoms with Crippen LogP contribution >= 0.6 is 22.9 Å². The second kappa shape index (κ2) is 7.94. The van der Waals surface area contributed by atoms with Crippen LogP contribution in [0.15, 0.2) is 45.2 Å². The summed E-state index contributed by atoms with van der Waals surface area (Å²) in [7, 11) is -3.69. The van der Waals surface area contributed by atoms with Gasteiger partial charge in [0, 0.05) is 18.0 Å². The van der Waals surface area contributed by atoms with Crippen LogP contribution in [0.25, 0.3) is 11.0 Å². The van der Waals surface area contributed by atoms with Gasteiger partial charge in [-0.05, 0) is 56.3 Å². The molecule has 3 heterocycles. The van der Waals surface area contributed by atoms with Gasteiger partial charge in [-0.15, -0.1) is 11.3 Å². The third kappa shape index (κ3) is 4.00. The molecule has 2 aromatic heterocycles. The molecule has 150 valence electrons. The van der Waals surface area contributed by atoms with Crippen molar-refractivity contribution >= 4 is 55.3 Å². The zero-order valence-corrected chi connectivity index (χ0v) is 17.8. The molecule has 9 heteroatoms. The predicted molar refractivity (Wildman–Crippen MR) is 115 cm³/mol. The van der Waals surface area contributed by atoms with Crippen LogP contribution in [0.5, 0.6) is 0 Å². The highest BCUT2D eigenvalue weighted by Crippen LogP contribution is 2.32. The number of thiophene rings is 1. The summed E-state index contributed by atoms with van der Waals surface area (Å²) >= 11 is 6.91. The Balaban J connectivity index is 1.58. The minimum absolute atomic E-state index is 0.184. The van der Waals surface area contributed by atoms with Gasteiger partial charge >= 0.3 is 0 Å². The third-order valence-corrected chi connectivity index (χ3v) is 8.15. The lowest BCUT2D eigenvalue weighted by molar-refractivity contribution is 0.277. The van der Waals surface area contributed by atoms with Gasteiger partial charge in [0.2, 0.25) is 0 Å². The molecule has 2 N–H and O–H groups in total. The molecule has 0 bridgehead atoms. The molecule has 0 saturated carbocycles. The van der Waals surface area contributed by atoms with E-state index >= 15 is 0 Å². The van der Waals surface area contributed by atoms with Gasteiger partial charge in [-0.1, -0.05) is 18.5 Å². The van der Waals surface area contributed by atoms with E-state index in [4.69, 9.17) is 16.0 Å². The molecule has 0 amide bonds. The Kier molecular flexibility index (Phi) is 5.55. The first kappa shape index (κ1) is 19.6. The lowest BCUT2D eigenvalue weighted by Crippen LogP contribution is -2.34. The van der Waals surface area contributed by atoms with Crippen LogP contribution in [0.2, 0.25) is 4.34 Å². The van der Waals surface area contributed by atoms with E-state index in [0.717, 1.165) is 54.0 Å². The summed E-state index contributed by atoms with van der Waals surface area (Å²) in [5, 5.41) is 4.30. The fourth-order valence-electron chi connectivity index (χ4n) is 3.69. The first-order chi connectivity index (χ1) is 13.5. The van der Waals surface area contributed by atoms with Crippen LogP contribution in [0, 0.1) is 0 Å². The van der Waals surface area contributed by atoms with Crippen molar-refractivity contribution in [3.8, 4) is 0 Å². The van der Waals surface area contributed by atoms with Crippen molar-refractivity contribution in [1.29, 1.82) is 0 Å². The number of fused-ring (bicyclic) bond motifs is 1.